The van der Waals surface area contributed by atoms with E-state index in [1.165, 1.54) is 64.9 Å². The summed E-state index contributed by atoms with van der Waals surface area (Å²) in [6.07, 6.45) is 22.9. The normalized spacial score (nSPS) is 38.4. The smallest absolute Gasteiger partial charge is 0.317 e. The fourth-order valence-corrected chi connectivity index (χ4v) is 15.6. The average Bonchev–Trinajstić information content (AvgIpc) is 4.51. The maximum absolute atomic E-state index is 12.6. The second-order valence-corrected chi connectivity index (χ2v) is 26.9. The Morgan fingerprint density at radius 1 is 0.662 bits per heavy atom. The van der Waals surface area contributed by atoms with E-state index in [0.29, 0.717) is 49.7 Å². The molecule has 16 nitrogen and oxygen atoms in total. The number of ether oxygens (including phenoxy) is 8. The van der Waals surface area contributed by atoms with Crippen LogP contribution in [0, 0.1) is 88.3 Å². The van der Waals surface area contributed by atoms with Crippen molar-refractivity contribution in [2.24, 2.45) is 88.3 Å². The van der Waals surface area contributed by atoms with Gasteiger partial charge in [0.2, 0.25) is 0 Å². The number of hydrogen-bond donors (Lipinski definition) is 0. The molecule has 0 aromatic rings. The van der Waals surface area contributed by atoms with Crippen molar-refractivity contribution >= 4 is 47.8 Å². The Morgan fingerprint density at radius 2 is 1.31 bits per heavy atom. The van der Waals surface area contributed by atoms with E-state index in [1.807, 2.05) is 34.6 Å². The molecular formula is C64H100O16. The SMILES string of the molecule is CC1C(=O)OC(=O)C1C.CCC(C)(C)C(=O)OC1(CC)CC2CC1C1CCCC21.CCC(C)C(=O)OC12CC3CC(C1)OC(=O)C(C3)C2.CCC(C)C(=O)OC1C2CC3C1OC(=O)C3C2C(=O)OC.CCC(C)OC1CCCCC1. The van der Waals surface area contributed by atoms with E-state index in [-0.39, 0.29) is 94.5 Å². The molecule has 20 unspecified atom stereocenters. The van der Waals surface area contributed by atoms with E-state index in [2.05, 4.69) is 32.4 Å². The number of carbonyl (C=O) groups excluding carboxylic acids is 8. The number of carbonyl (C=O) groups is 8. The van der Waals surface area contributed by atoms with Crippen LogP contribution >= 0.6 is 0 Å². The summed E-state index contributed by atoms with van der Waals surface area (Å²) >= 11 is 0. The molecule has 452 valence electrons. The molecule has 0 spiro atoms. The monoisotopic (exact) mass is 1120 g/mol. The van der Waals surface area contributed by atoms with E-state index in [4.69, 9.17) is 33.2 Å². The third-order valence-corrected chi connectivity index (χ3v) is 21.5. The first kappa shape index (κ1) is 63.5. The molecule has 8 aliphatic carbocycles. The maximum atomic E-state index is 12.6. The topological polar surface area (TPSA) is 210 Å². The summed E-state index contributed by atoms with van der Waals surface area (Å²) in [5.74, 6) is -0.216. The zero-order valence-electron chi connectivity index (χ0n) is 50.9. The zero-order valence-corrected chi connectivity index (χ0v) is 50.9. The van der Waals surface area contributed by atoms with Gasteiger partial charge in [0.15, 0.2) is 0 Å². The molecule has 20 atom stereocenters. The number of hydrogen-bond acceptors (Lipinski definition) is 16. The molecule has 0 amide bonds. The van der Waals surface area contributed by atoms with Gasteiger partial charge in [-0.3, -0.25) is 38.4 Å². The Kier molecular flexibility index (Phi) is 21.2. The Balaban J connectivity index is 0.000000149. The van der Waals surface area contributed by atoms with Crippen LogP contribution in [0.1, 0.15) is 218 Å². The van der Waals surface area contributed by atoms with Gasteiger partial charge in [-0.2, -0.15) is 0 Å². The Morgan fingerprint density at radius 3 is 1.90 bits per heavy atom. The number of methoxy groups -OCH3 is 1. The zero-order chi connectivity index (χ0) is 58.6. The van der Waals surface area contributed by atoms with Gasteiger partial charge in [0.1, 0.15) is 29.5 Å². The molecule has 0 radical (unpaired) electrons. The van der Waals surface area contributed by atoms with Gasteiger partial charge in [-0.05, 0) is 141 Å². The summed E-state index contributed by atoms with van der Waals surface area (Å²) in [4.78, 5) is 93.7. The largest absolute Gasteiger partial charge is 0.469 e. The van der Waals surface area contributed by atoms with Crippen LogP contribution < -0.4 is 0 Å². The third-order valence-electron chi connectivity index (χ3n) is 21.5. The standard InChI is InChI=1S/C18H30O2.C15H20O6.C15H22O4.C10H20O.C6H8O3/c1-5-17(3,4)16(19)20-18(6-2)11-12-10-15(18)14-9-7-8-13(12)14;1-4-6(2)13(16)20-11-7-5-8-10(9(7)14(17)19-3)15(18)21-12(8)11;1-3-9(2)13(16)19-15-6-10-4-11(7-15)14(17)18-12(5-10)8-15;1-3-9(2)11-10-7-5-4-6-8-10;1-3-4(2)6(8)9-5(3)7/h12-15H,5-11H2,1-4H3;6-12H,4-5H2,1-3H3;9-12H,3-8H2,1-2H3;9-10H,3-8H2,1-2H3;3-4H,1-2H3. The lowest BCUT2D eigenvalue weighted by Crippen LogP contribution is -2.48. The molecule has 4 aliphatic heterocycles. The molecule has 4 saturated heterocycles. The number of esters is 8. The van der Waals surface area contributed by atoms with E-state index in [0.717, 1.165) is 69.1 Å². The van der Waals surface area contributed by atoms with Gasteiger partial charge in [-0.1, -0.05) is 88.0 Å². The molecular weight excluding hydrogens is 1020 g/mol. The first-order valence-corrected chi connectivity index (χ1v) is 31.5. The minimum atomic E-state index is -0.541. The quantitative estimate of drug-likeness (QED) is 0.0899. The Labute approximate surface area is 477 Å². The van der Waals surface area contributed by atoms with Crippen LogP contribution in [0.3, 0.4) is 0 Å². The van der Waals surface area contributed by atoms with Crippen molar-refractivity contribution in [3.05, 3.63) is 0 Å². The van der Waals surface area contributed by atoms with Gasteiger partial charge in [-0.25, -0.2) is 0 Å². The summed E-state index contributed by atoms with van der Waals surface area (Å²) in [6, 6.07) is 0. The molecule has 12 rings (SSSR count). The molecule has 8 saturated carbocycles. The number of fused-ring (bicyclic) bond motifs is 7. The van der Waals surface area contributed by atoms with E-state index in [1.54, 1.807) is 20.8 Å². The summed E-state index contributed by atoms with van der Waals surface area (Å²) < 4.78 is 43.5. The highest BCUT2D eigenvalue weighted by Gasteiger charge is 2.70. The Bertz CT molecular complexity index is 2200. The number of rotatable bonds is 14. The summed E-state index contributed by atoms with van der Waals surface area (Å²) in [7, 11) is 1.31. The molecule has 8 bridgehead atoms. The lowest BCUT2D eigenvalue weighted by molar-refractivity contribution is -0.181. The molecule has 0 aromatic carbocycles. The molecule has 16 heteroatoms. The fraction of sp³-hybridized carbons (Fsp3) is 0.875. The van der Waals surface area contributed by atoms with Crippen LogP contribution in [-0.4, -0.2) is 96.6 Å². The summed E-state index contributed by atoms with van der Waals surface area (Å²) in [5.41, 5.74) is -0.887. The lowest BCUT2D eigenvalue weighted by Gasteiger charge is -2.45. The van der Waals surface area contributed by atoms with E-state index >= 15 is 0 Å². The van der Waals surface area contributed by atoms with E-state index < -0.39 is 41.4 Å². The summed E-state index contributed by atoms with van der Waals surface area (Å²) in [5, 5.41) is 0. The van der Waals surface area contributed by atoms with Gasteiger partial charge < -0.3 is 37.9 Å². The first-order chi connectivity index (χ1) is 37.9. The molecule has 0 N–H and O–H groups in total. The molecule has 0 aromatic heterocycles. The fourth-order valence-electron chi connectivity index (χ4n) is 15.6. The van der Waals surface area contributed by atoms with Crippen molar-refractivity contribution in [1.82, 2.24) is 0 Å². The first-order valence-electron chi connectivity index (χ1n) is 31.5. The van der Waals surface area contributed by atoms with Gasteiger partial charge in [0.25, 0.3) is 0 Å². The van der Waals surface area contributed by atoms with Gasteiger partial charge in [0, 0.05) is 30.6 Å². The highest BCUT2D eigenvalue weighted by Crippen LogP contribution is 2.65. The minimum Gasteiger partial charge on any atom is -0.469 e. The van der Waals surface area contributed by atoms with Crippen molar-refractivity contribution < 1.29 is 76.3 Å². The van der Waals surface area contributed by atoms with Crippen LogP contribution in [0.4, 0.5) is 0 Å². The highest BCUT2D eigenvalue weighted by molar-refractivity contribution is 5.96. The van der Waals surface area contributed by atoms with Crippen molar-refractivity contribution in [3.63, 3.8) is 0 Å². The van der Waals surface area contributed by atoms with Crippen molar-refractivity contribution in [2.75, 3.05) is 7.11 Å². The predicted octanol–water partition coefficient (Wildman–Crippen LogP) is 11.4. The van der Waals surface area contributed by atoms with Crippen molar-refractivity contribution in [1.29, 1.82) is 0 Å². The second kappa shape index (κ2) is 26.7. The van der Waals surface area contributed by atoms with Gasteiger partial charge in [-0.15, -0.1) is 0 Å². The third kappa shape index (κ3) is 13.6. The minimum absolute atomic E-state index is 0.0265. The van der Waals surface area contributed by atoms with Crippen LogP contribution in [-0.2, 0) is 76.3 Å². The van der Waals surface area contributed by atoms with Crippen LogP contribution in [0.15, 0.2) is 0 Å². The second-order valence-electron chi connectivity index (χ2n) is 26.9. The molecule has 4 heterocycles. The van der Waals surface area contributed by atoms with Gasteiger partial charge in [0.05, 0.1) is 66.2 Å². The summed E-state index contributed by atoms with van der Waals surface area (Å²) in [6.45, 7) is 23.7. The molecule has 12 fully saturated rings. The van der Waals surface area contributed by atoms with E-state index in [9.17, 15) is 38.4 Å². The predicted molar refractivity (Wildman–Crippen MR) is 295 cm³/mol. The van der Waals surface area contributed by atoms with Gasteiger partial charge >= 0.3 is 47.8 Å². The lowest BCUT2D eigenvalue weighted by atomic mass is 9.65. The van der Waals surface area contributed by atoms with Crippen LogP contribution in [0.2, 0.25) is 0 Å². The molecule has 80 heavy (non-hydrogen) atoms. The van der Waals surface area contributed by atoms with Crippen molar-refractivity contribution in [2.45, 2.75) is 260 Å². The van der Waals surface area contributed by atoms with Crippen LogP contribution in [0.25, 0.3) is 0 Å². The number of cyclic esters (lactones) is 2. The van der Waals surface area contributed by atoms with Crippen LogP contribution in [0.5, 0.6) is 0 Å². The Hall–Kier alpha value is -4.08. The van der Waals surface area contributed by atoms with Crippen molar-refractivity contribution in [3.8, 4) is 0 Å². The maximum Gasteiger partial charge on any atom is 0.317 e. The average molecular weight is 1130 g/mol. The molecule has 12 aliphatic rings. The highest BCUT2D eigenvalue weighted by atomic mass is 16.6.